The number of nitrogens with zero attached hydrogens (tertiary/aromatic N) is 3. The summed E-state index contributed by atoms with van der Waals surface area (Å²) in [5.74, 6) is 1.16. The molecule has 0 aliphatic carbocycles. The van der Waals surface area contributed by atoms with Crippen molar-refractivity contribution in [1.29, 1.82) is 0 Å². The zero-order valence-electron chi connectivity index (χ0n) is 17.3. The second-order valence-corrected chi connectivity index (χ2v) is 8.19. The largest absolute Gasteiger partial charge is 0.493 e. The molecule has 6 heteroatoms. The number of hydrogen-bond donors (Lipinski definition) is 1. The Morgan fingerprint density at radius 1 is 1.10 bits per heavy atom. The van der Waals surface area contributed by atoms with E-state index in [-0.39, 0.29) is 5.91 Å². The molecule has 1 amide bonds. The Hall–Kier alpha value is -3.12. The topological polar surface area (TPSA) is 51.8 Å². The van der Waals surface area contributed by atoms with E-state index in [2.05, 4.69) is 23.3 Å². The molecular formula is C24H27N4O2+. The molecule has 1 aromatic heterocycles. The lowest BCUT2D eigenvalue weighted by atomic mass is 10.1. The van der Waals surface area contributed by atoms with E-state index in [9.17, 15) is 4.79 Å². The summed E-state index contributed by atoms with van der Waals surface area (Å²) in [5.41, 5.74) is 5.48. The van der Waals surface area contributed by atoms with Crippen LogP contribution in [0, 0.1) is 6.92 Å². The number of rotatable bonds is 4. The highest BCUT2D eigenvalue weighted by Crippen LogP contribution is 2.25. The number of fused-ring (bicyclic) bond motifs is 1. The van der Waals surface area contributed by atoms with Gasteiger partial charge in [0, 0.05) is 29.4 Å². The van der Waals surface area contributed by atoms with E-state index in [1.807, 2.05) is 46.8 Å². The maximum atomic E-state index is 12.9. The number of ether oxygens (including phenoxy) is 1. The lowest BCUT2D eigenvalue weighted by molar-refractivity contribution is -0.917. The van der Waals surface area contributed by atoms with Crippen molar-refractivity contribution in [3.63, 3.8) is 0 Å². The highest BCUT2D eigenvalue weighted by atomic mass is 16.5. The molecule has 0 unspecified atom stereocenters. The third-order valence-electron chi connectivity index (χ3n) is 6.16. The number of carbonyl (C=O) groups is 1. The molecule has 0 radical (unpaired) electrons. The SMILES string of the molecule is Cc1ccnn1-c1ccc(C(=O)N2CC[NH+](Cc3ccc4c(c3)CCO4)CC2)cc1. The van der Waals surface area contributed by atoms with Gasteiger partial charge < -0.3 is 14.5 Å². The Kier molecular flexibility index (Phi) is 5.01. The molecule has 1 fully saturated rings. The molecule has 0 spiro atoms. The smallest absolute Gasteiger partial charge is 0.254 e. The van der Waals surface area contributed by atoms with E-state index in [0.29, 0.717) is 0 Å². The number of carbonyl (C=O) groups excluding carboxylic acids is 1. The summed E-state index contributed by atoms with van der Waals surface area (Å²) in [6.07, 6.45) is 2.80. The number of aryl methyl sites for hydroxylation is 1. The average molecular weight is 404 g/mol. The molecule has 30 heavy (non-hydrogen) atoms. The predicted octanol–water partition coefficient (Wildman–Crippen LogP) is 1.66. The van der Waals surface area contributed by atoms with Gasteiger partial charge in [0.1, 0.15) is 12.3 Å². The summed E-state index contributed by atoms with van der Waals surface area (Å²) in [7, 11) is 0. The molecule has 1 N–H and O–H groups in total. The first kappa shape index (κ1) is 18.9. The first-order valence-corrected chi connectivity index (χ1v) is 10.7. The van der Waals surface area contributed by atoms with Crippen LogP contribution in [0.4, 0.5) is 0 Å². The summed E-state index contributed by atoms with van der Waals surface area (Å²) in [6.45, 7) is 7.37. The maximum absolute atomic E-state index is 12.9. The van der Waals surface area contributed by atoms with Gasteiger partial charge in [0.15, 0.2) is 0 Å². The highest BCUT2D eigenvalue weighted by Gasteiger charge is 2.25. The van der Waals surface area contributed by atoms with Gasteiger partial charge >= 0.3 is 0 Å². The maximum Gasteiger partial charge on any atom is 0.254 e. The van der Waals surface area contributed by atoms with Crippen molar-refractivity contribution in [1.82, 2.24) is 14.7 Å². The summed E-state index contributed by atoms with van der Waals surface area (Å²) < 4.78 is 7.48. The number of amides is 1. The summed E-state index contributed by atoms with van der Waals surface area (Å²) >= 11 is 0. The minimum Gasteiger partial charge on any atom is -0.493 e. The molecule has 5 rings (SSSR count). The van der Waals surface area contributed by atoms with E-state index < -0.39 is 0 Å². The second-order valence-electron chi connectivity index (χ2n) is 8.19. The van der Waals surface area contributed by atoms with Crippen molar-refractivity contribution >= 4 is 5.91 Å². The van der Waals surface area contributed by atoms with E-state index in [0.717, 1.165) is 68.4 Å². The molecule has 0 saturated carbocycles. The zero-order valence-corrected chi connectivity index (χ0v) is 17.3. The standard InChI is InChI=1S/C24H26N4O2/c1-18-8-10-25-28(18)22-5-3-20(4-6-22)24(29)27-13-11-26(12-14-27)17-19-2-7-23-21(16-19)9-15-30-23/h2-8,10,16H,9,11-15,17H2,1H3/p+1. The normalized spacial score (nSPS) is 16.4. The molecule has 2 aliphatic heterocycles. The van der Waals surface area contributed by atoms with Crippen LogP contribution >= 0.6 is 0 Å². The number of nitrogens with one attached hydrogen (secondary N) is 1. The number of aromatic nitrogens is 2. The molecule has 1 saturated heterocycles. The van der Waals surface area contributed by atoms with Crippen LogP contribution in [0.3, 0.4) is 0 Å². The number of piperazine rings is 1. The highest BCUT2D eigenvalue weighted by molar-refractivity contribution is 5.94. The van der Waals surface area contributed by atoms with Crippen LogP contribution in [0.1, 0.15) is 27.2 Å². The second kappa shape index (κ2) is 7.95. The summed E-state index contributed by atoms with van der Waals surface area (Å²) in [4.78, 5) is 16.4. The van der Waals surface area contributed by atoms with Gasteiger partial charge in [-0.05, 0) is 61.0 Å². The van der Waals surface area contributed by atoms with Gasteiger partial charge in [0.25, 0.3) is 5.91 Å². The first-order chi connectivity index (χ1) is 14.7. The van der Waals surface area contributed by atoms with Gasteiger partial charge in [0.2, 0.25) is 0 Å². The van der Waals surface area contributed by atoms with Crippen molar-refractivity contribution in [3.8, 4) is 11.4 Å². The lowest BCUT2D eigenvalue weighted by Crippen LogP contribution is -3.13. The number of quaternary nitrogens is 1. The van der Waals surface area contributed by atoms with E-state index in [1.54, 1.807) is 6.20 Å². The fraction of sp³-hybridized carbons (Fsp3) is 0.333. The van der Waals surface area contributed by atoms with Gasteiger partial charge in [0.05, 0.1) is 38.5 Å². The first-order valence-electron chi connectivity index (χ1n) is 10.7. The quantitative estimate of drug-likeness (QED) is 0.721. The van der Waals surface area contributed by atoms with Gasteiger partial charge in [-0.1, -0.05) is 0 Å². The minimum absolute atomic E-state index is 0.118. The van der Waals surface area contributed by atoms with Crippen molar-refractivity contribution < 1.29 is 14.4 Å². The third-order valence-corrected chi connectivity index (χ3v) is 6.16. The van der Waals surface area contributed by atoms with Gasteiger partial charge in [-0.25, -0.2) is 4.68 Å². The third kappa shape index (κ3) is 3.71. The van der Waals surface area contributed by atoms with Crippen LogP contribution in [0.15, 0.2) is 54.7 Å². The van der Waals surface area contributed by atoms with Crippen molar-refractivity contribution in [2.75, 3.05) is 32.8 Å². The monoisotopic (exact) mass is 403 g/mol. The van der Waals surface area contributed by atoms with Gasteiger partial charge in [-0.15, -0.1) is 0 Å². The van der Waals surface area contributed by atoms with Crippen LogP contribution in [-0.4, -0.2) is 53.4 Å². The Labute approximate surface area is 176 Å². The predicted molar refractivity (Wildman–Crippen MR) is 114 cm³/mol. The fourth-order valence-electron chi connectivity index (χ4n) is 4.41. The zero-order chi connectivity index (χ0) is 20.5. The van der Waals surface area contributed by atoms with Crippen LogP contribution in [0.5, 0.6) is 5.75 Å². The van der Waals surface area contributed by atoms with Gasteiger partial charge in [-0.3, -0.25) is 4.79 Å². The van der Waals surface area contributed by atoms with Crippen molar-refractivity contribution in [2.45, 2.75) is 19.9 Å². The fourth-order valence-corrected chi connectivity index (χ4v) is 4.41. The molecule has 0 atom stereocenters. The number of hydrogen-bond acceptors (Lipinski definition) is 3. The molecule has 0 bridgehead atoms. The number of benzene rings is 2. The van der Waals surface area contributed by atoms with E-state index >= 15 is 0 Å². The Bertz CT molecular complexity index is 1050. The Morgan fingerprint density at radius 3 is 2.63 bits per heavy atom. The van der Waals surface area contributed by atoms with Crippen LogP contribution in [0.25, 0.3) is 5.69 Å². The van der Waals surface area contributed by atoms with Crippen molar-refractivity contribution in [3.05, 3.63) is 77.1 Å². The minimum atomic E-state index is 0.118. The summed E-state index contributed by atoms with van der Waals surface area (Å²) in [5, 5.41) is 4.32. The average Bonchev–Trinajstić information content (AvgIpc) is 3.42. The Balaban J connectivity index is 1.18. The lowest BCUT2D eigenvalue weighted by Gasteiger charge is -2.32. The van der Waals surface area contributed by atoms with Gasteiger partial charge in [-0.2, -0.15) is 5.10 Å². The summed E-state index contributed by atoms with van der Waals surface area (Å²) in [6, 6.07) is 16.3. The van der Waals surface area contributed by atoms with Crippen molar-refractivity contribution in [2.24, 2.45) is 0 Å². The molecule has 3 heterocycles. The molecule has 2 aliphatic rings. The van der Waals surface area contributed by atoms with Crippen LogP contribution in [-0.2, 0) is 13.0 Å². The van der Waals surface area contributed by atoms with Crippen LogP contribution in [0.2, 0.25) is 0 Å². The van der Waals surface area contributed by atoms with Crippen LogP contribution < -0.4 is 9.64 Å². The van der Waals surface area contributed by atoms with E-state index in [4.69, 9.17) is 4.74 Å². The molecule has 6 nitrogen and oxygen atoms in total. The molecule has 154 valence electrons. The Morgan fingerprint density at radius 2 is 1.90 bits per heavy atom. The molecular weight excluding hydrogens is 376 g/mol. The molecule has 2 aromatic carbocycles. The molecule has 3 aromatic rings. The van der Waals surface area contributed by atoms with E-state index in [1.165, 1.54) is 16.0 Å².